The van der Waals surface area contributed by atoms with Gasteiger partial charge in [-0.1, -0.05) is 218 Å². The molecule has 4 nitrogen and oxygen atoms in total. The molecule has 10 aromatic carbocycles. The molecule has 0 bridgehead atoms. The highest BCUT2D eigenvalue weighted by Crippen LogP contribution is 2.45. The normalized spacial score (nSPS) is 11.5. The summed E-state index contributed by atoms with van der Waals surface area (Å²) in [6, 6.07) is 86.4. The molecule has 3 aromatic heterocycles. The van der Waals surface area contributed by atoms with Gasteiger partial charge in [-0.3, -0.25) is 0 Å². The average molecular weight is 885 g/mol. The number of nitrogens with zero attached hydrogens (tertiary/aromatic N) is 4. The smallest absolute Gasteiger partial charge is 0.164 e. The van der Waals surface area contributed by atoms with E-state index < -0.39 is 0 Å². The number of aromatic nitrogens is 4. The van der Waals surface area contributed by atoms with Gasteiger partial charge in [-0.05, 0) is 63.2 Å². The van der Waals surface area contributed by atoms with Gasteiger partial charge in [0.05, 0.1) is 16.7 Å². The minimum Gasteiger partial charge on any atom is -0.309 e. The van der Waals surface area contributed by atoms with E-state index >= 15 is 0 Å². The van der Waals surface area contributed by atoms with Gasteiger partial charge >= 0.3 is 0 Å². The first-order valence-electron chi connectivity index (χ1n) is 22.9. The molecule has 318 valence electrons. The largest absolute Gasteiger partial charge is 0.309 e. The monoisotopic (exact) mass is 884 g/mol. The molecule has 13 aromatic rings. The average Bonchev–Trinajstić information content (AvgIpc) is 3.98. The van der Waals surface area contributed by atoms with E-state index in [0.717, 1.165) is 50.1 Å². The molecule has 0 radical (unpaired) electrons. The molecule has 0 saturated heterocycles. The third-order valence-corrected chi connectivity index (χ3v) is 14.3. The van der Waals surface area contributed by atoms with Crippen LogP contribution in [0.2, 0.25) is 0 Å². The highest BCUT2D eigenvalue weighted by molar-refractivity contribution is 7.26. The van der Waals surface area contributed by atoms with Crippen molar-refractivity contribution in [1.29, 1.82) is 0 Å². The highest BCUT2D eigenvalue weighted by Gasteiger charge is 2.23. The molecule has 68 heavy (non-hydrogen) atoms. The van der Waals surface area contributed by atoms with Crippen LogP contribution >= 0.6 is 11.3 Å². The van der Waals surface area contributed by atoms with Gasteiger partial charge in [-0.2, -0.15) is 0 Å². The molecule has 0 aliphatic rings. The summed E-state index contributed by atoms with van der Waals surface area (Å²) in [7, 11) is 0. The maximum atomic E-state index is 5.31. The lowest BCUT2D eigenvalue weighted by atomic mass is 9.95. The Hall–Kier alpha value is -8.77. The van der Waals surface area contributed by atoms with E-state index in [2.05, 4.69) is 229 Å². The van der Waals surface area contributed by atoms with Crippen LogP contribution in [0.15, 0.2) is 243 Å². The lowest BCUT2D eigenvalue weighted by Gasteiger charge is -2.17. The van der Waals surface area contributed by atoms with E-state index in [-0.39, 0.29) is 0 Å². The van der Waals surface area contributed by atoms with E-state index in [1.54, 1.807) is 0 Å². The van der Waals surface area contributed by atoms with Crippen molar-refractivity contribution in [2.45, 2.75) is 0 Å². The first kappa shape index (κ1) is 39.6. The maximum Gasteiger partial charge on any atom is 0.164 e. The lowest BCUT2D eigenvalue weighted by Crippen LogP contribution is -2.02. The van der Waals surface area contributed by atoms with Crippen molar-refractivity contribution >= 4 is 53.3 Å². The summed E-state index contributed by atoms with van der Waals surface area (Å²) in [6.45, 7) is 0. The summed E-state index contributed by atoms with van der Waals surface area (Å²) in [4.78, 5) is 15.7. The number of hydrogen-bond acceptors (Lipinski definition) is 4. The Morgan fingerprint density at radius 3 is 1.29 bits per heavy atom. The highest BCUT2D eigenvalue weighted by atomic mass is 32.1. The molecule has 0 aliphatic heterocycles. The standard InChI is InChI=1S/C63H40N4S/c1-5-18-41(19-6-1)48-39-38-47(40-56(48)67-54-31-16-27-49(42-20-7-2-8-21-42)58(54)59-50(28-17-32-55(59)67)43-22-9-3-10-23-43)63-65-61(45-24-11-4-12-25-45)64-62(66-63)46-36-34-44(35-37-46)51-29-15-30-53-52-26-13-14-33-57(52)68-60(51)53/h1-40H. The molecule has 0 aliphatic carbocycles. The molecule has 0 amide bonds. The summed E-state index contributed by atoms with van der Waals surface area (Å²) in [5, 5.41) is 4.99. The zero-order valence-corrected chi connectivity index (χ0v) is 37.6. The summed E-state index contributed by atoms with van der Waals surface area (Å²) in [5.74, 6) is 1.84. The summed E-state index contributed by atoms with van der Waals surface area (Å²) in [5.41, 5.74) is 15.3. The van der Waals surface area contributed by atoms with Crippen molar-refractivity contribution in [1.82, 2.24) is 19.5 Å². The Bertz CT molecular complexity index is 3890. The topological polar surface area (TPSA) is 43.6 Å². The van der Waals surface area contributed by atoms with Crippen LogP contribution in [0, 0.1) is 0 Å². The van der Waals surface area contributed by atoms with Gasteiger partial charge in [0.2, 0.25) is 0 Å². The number of fused-ring (bicyclic) bond motifs is 6. The fourth-order valence-corrected chi connectivity index (χ4v) is 11.2. The quantitative estimate of drug-likeness (QED) is 0.153. The number of benzene rings is 10. The summed E-state index contributed by atoms with van der Waals surface area (Å²) >= 11 is 1.85. The molecule has 0 saturated carbocycles. The van der Waals surface area contributed by atoms with Gasteiger partial charge in [0, 0.05) is 53.2 Å². The van der Waals surface area contributed by atoms with E-state index in [4.69, 9.17) is 15.0 Å². The Morgan fingerprint density at radius 1 is 0.294 bits per heavy atom. The van der Waals surface area contributed by atoms with Crippen LogP contribution in [0.4, 0.5) is 0 Å². The van der Waals surface area contributed by atoms with Crippen molar-refractivity contribution in [2.24, 2.45) is 0 Å². The van der Waals surface area contributed by atoms with Crippen LogP contribution in [-0.2, 0) is 0 Å². The van der Waals surface area contributed by atoms with Gasteiger partial charge in [0.1, 0.15) is 0 Å². The predicted octanol–water partition coefficient (Wildman–Crippen LogP) is 17.0. The Kier molecular flexibility index (Phi) is 9.66. The fourth-order valence-electron chi connectivity index (χ4n) is 9.93. The predicted molar refractivity (Wildman–Crippen MR) is 285 cm³/mol. The Labute approximate surface area is 397 Å². The SMILES string of the molecule is c1ccc(-c2nc(-c3ccc(-c4cccc5c4sc4ccccc45)cc3)nc(-c3ccc(-c4ccccc4)c(-n4c5cccc(-c6ccccc6)c5c5c(-c6ccccc6)cccc54)c3)n2)cc1. The van der Waals surface area contributed by atoms with Gasteiger partial charge < -0.3 is 4.57 Å². The van der Waals surface area contributed by atoms with E-state index in [1.165, 1.54) is 58.8 Å². The van der Waals surface area contributed by atoms with Gasteiger partial charge in [0.25, 0.3) is 0 Å². The van der Waals surface area contributed by atoms with Crippen LogP contribution in [-0.4, -0.2) is 19.5 Å². The van der Waals surface area contributed by atoms with Crippen molar-refractivity contribution < 1.29 is 0 Å². The van der Waals surface area contributed by atoms with Crippen molar-refractivity contribution in [3.8, 4) is 84.4 Å². The zero-order chi connectivity index (χ0) is 45.0. The third-order valence-electron chi connectivity index (χ3n) is 13.1. The van der Waals surface area contributed by atoms with Gasteiger partial charge in [0.15, 0.2) is 17.5 Å². The van der Waals surface area contributed by atoms with E-state index in [0.29, 0.717) is 17.5 Å². The Balaban J connectivity index is 1.02. The second-order valence-corrected chi connectivity index (χ2v) is 18.1. The van der Waals surface area contributed by atoms with Crippen LogP contribution in [0.3, 0.4) is 0 Å². The van der Waals surface area contributed by atoms with Crippen molar-refractivity contribution in [3.05, 3.63) is 243 Å². The first-order chi connectivity index (χ1) is 33.7. The van der Waals surface area contributed by atoms with Gasteiger partial charge in [-0.25, -0.2) is 15.0 Å². The second kappa shape index (κ2) is 16.6. The number of hydrogen-bond donors (Lipinski definition) is 0. The van der Waals surface area contributed by atoms with E-state index in [9.17, 15) is 0 Å². The van der Waals surface area contributed by atoms with Gasteiger partial charge in [-0.15, -0.1) is 11.3 Å². The van der Waals surface area contributed by atoms with Crippen LogP contribution < -0.4 is 0 Å². The fraction of sp³-hybridized carbons (Fsp3) is 0. The third kappa shape index (κ3) is 6.79. The molecule has 3 heterocycles. The minimum atomic E-state index is 0.601. The molecule has 0 spiro atoms. The molecular formula is C63H40N4S. The molecule has 13 rings (SSSR count). The van der Waals surface area contributed by atoms with E-state index in [1.807, 2.05) is 29.5 Å². The molecule has 0 N–H and O–H groups in total. The molecule has 0 unspecified atom stereocenters. The van der Waals surface area contributed by atoms with Crippen molar-refractivity contribution in [3.63, 3.8) is 0 Å². The molecule has 0 atom stereocenters. The molecule has 0 fully saturated rings. The minimum absolute atomic E-state index is 0.601. The number of thiophene rings is 1. The van der Waals surface area contributed by atoms with Crippen LogP contribution in [0.25, 0.3) is 126 Å². The first-order valence-corrected chi connectivity index (χ1v) is 23.7. The summed E-state index contributed by atoms with van der Waals surface area (Å²) in [6.07, 6.45) is 0. The second-order valence-electron chi connectivity index (χ2n) is 17.1. The van der Waals surface area contributed by atoms with Crippen LogP contribution in [0.5, 0.6) is 0 Å². The lowest BCUT2D eigenvalue weighted by molar-refractivity contribution is 1.07. The number of rotatable bonds is 8. The maximum absolute atomic E-state index is 5.31. The van der Waals surface area contributed by atoms with Crippen LogP contribution in [0.1, 0.15) is 0 Å². The zero-order valence-electron chi connectivity index (χ0n) is 36.8. The Morgan fingerprint density at radius 2 is 0.706 bits per heavy atom. The van der Waals surface area contributed by atoms with Crippen molar-refractivity contribution in [2.75, 3.05) is 0 Å². The molecule has 5 heteroatoms. The summed E-state index contributed by atoms with van der Waals surface area (Å²) < 4.78 is 5.04. The molecular weight excluding hydrogens is 845 g/mol.